The quantitative estimate of drug-likeness (QED) is 0.934. The van der Waals surface area contributed by atoms with Gasteiger partial charge in [-0.3, -0.25) is 0 Å². The number of hydrogen-bond acceptors (Lipinski definition) is 4. The molecule has 3 rings (SSSR count). The van der Waals surface area contributed by atoms with Gasteiger partial charge in [0.05, 0.1) is 17.9 Å². The Bertz CT molecular complexity index is 670. The lowest BCUT2D eigenvalue weighted by Crippen LogP contribution is -2.12. The molecule has 0 saturated carbocycles. The van der Waals surface area contributed by atoms with E-state index in [4.69, 9.17) is 4.74 Å². The molecule has 0 unspecified atom stereocenters. The molecule has 0 bridgehead atoms. The van der Waals surface area contributed by atoms with Crippen molar-refractivity contribution in [3.63, 3.8) is 0 Å². The van der Waals surface area contributed by atoms with Crippen molar-refractivity contribution in [1.29, 1.82) is 0 Å². The summed E-state index contributed by atoms with van der Waals surface area (Å²) in [5.74, 6) is 0.736. The molecular weight excluding hydrogens is 307 g/mol. The Hall–Kier alpha value is -2.15. The molecule has 7 heteroatoms. The minimum atomic E-state index is -4.36. The molecule has 1 aromatic heterocycles. The average molecular weight is 323 g/mol. The second-order valence-electron chi connectivity index (χ2n) is 5.40. The van der Waals surface area contributed by atoms with Crippen molar-refractivity contribution in [3.05, 3.63) is 53.5 Å². The predicted molar refractivity (Wildman–Crippen MR) is 79.0 cm³/mol. The molecule has 23 heavy (non-hydrogen) atoms. The van der Waals surface area contributed by atoms with Gasteiger partial charge in [0.25, 0.3) is 0 Å². The molecule has 0 radical (unpaired) electrons. The smallest absolute Gasteiger partial charge is 0.381 e. The molecule has 1 fully saturated rings. The van der Waals surface area contributed by atoms with Crippen LogP contribution >= 0.6 is 0 Å². The normalized spacial score (nSPS) is 18.1. The van der Waals surface area contributed by atoms with Gasteiger partial charge in [-0.1, -0.05) is 18.2 Å². The number of nitrogens with zero attached hydrogens (tertiary/aromatic N) is 2. The van der Waals surface area contributed by atoms with Crippen molar-refractivity contribution in [2.45, 2.75) is 25.1 Å². The average Bonchev–Trinajstić information content (AvgIpc) is 3.07. The molecule has 1 aliphatic rings. The van der Waals surface area contributed by atoms with Crippen LogP contribution in [-0.2, 0) is 17.5 Å². The van der Waals surface area contributed by atoms with Crippen molar-refractivity contribution < 1.29 is 17.9 Å². The maximum Gasteiger partial charge on any atom is 0.416 e. The van der Waals surface area contributed by atoms with Crippen LogP contribution in [0.5, 0.6) is 0 Å². The maximum atomic E-state index is 13.0. The van der Waals surface area contributed by atoms with Crippen molar-refractivity contribution >= 4 is 5.82 Å². The SMILES string of the molecule is FC(F)(F)c1ccccc1CNc1cc([C@H]2CCOC2)ncn1. The second kappa shape index (κ2) is 6.54. The minimum Gasteiger partial charge on any atom is -0.381 e. The Kier molecular flexibility index (Phi) is 4.47. The summed E-state index contributed by atoms with van der Waals surface area (Å²) in [6.07, 6.45) is -2.05. The maximum absolute atomic E-state index is 13.0. The number of nitrogens with one attached hydrogen (secondary N) is 1. The van der Waals surface area contributed by atoms with Crippen molar-refractivity contribution in [3.8, 4) is 0 Å². The van der Waals surface area contributed by atoms with Crippen LogP contribution in [0.15, 0.2) is 36.7 Å². The highest BCUT2D eigenvalue weighted by atomic mass is 19.4. The fourth-order valence-corrected chi connectivity index (χ4v) is 2.60. The van der Waals surface area contributed by atoms with E-state index in [-0.39, 0.29) is 18.0 Å². The number of aromatic nitrogens is 2. The topological polar surface area (TPSA) is 47.0 Å². The fraction of sp³-hybridized carbons (Fsp3) is 0.375. The third kappa shape index (κ3) is 3.79. The molecule has 2 heterocycles. The molecule has 1 saturated heterocycles. The highest BCUT2D eigenvalue weighted by Crippen LogP contribution is 2.32. The molecule has 4 nitrogen and oxygen atoms in total. The van der Waals surface area contributed by atoms with Crippen LogP contribution in [0.4, 0.5) is 19.0 Å². The summed E-state index contributed by atoms with van der Waals surface area (Å²) in [5, 5.41) is 2.95. The zero-order chi connectivity index (χ0) is 16.3. The van der Waals surface area contributed by atoms with Crippen molar-refractivity contribution in [2.24, 2.45) is 0 Å². The van der Waals surface area contributed by atoms with Gasteiger partial charge in [0.15, 0.2) is 0 Å². The van der Waals surface area contributed by atoms with Crippen LogP contribution in [0.2, 0.25) is 0 Å². The number of ether oxygens (including phenoxy) is 1. The van der Waals surface area contributed by atoms with E-state index in [1.54, 1.807) is 12.1 Å². The van der Waals surface area contributed by atoms with Gasteiger partial charge in [0.2, 0.25) is 0 Å². The van der Waals surface area contributed by atoms with Gasteiger partial charge in [-0.25, -0.2) is 9.97 Å². The zero-order valence-corrected chi connectivity index (χ0v) is 12.3. The summed E-state index contributed by atoms with van der Waals surface area (Å²) < 4.78 is 44.3. The molecular formula is C16H16F3N3O. The summed E-state index contributed by atoms with van der Waals surface area (Å²) in [4.78, 5) is 8.30. The second-order valence-corrected chi connectivity index (χ2v) is 5.40. The number of rotatable bonds is 4. The zero-order valence-electron chi connectivity index (χ0n) is 12.3. The van der Waals surface area contributed by atoms with E-state index in [0.717, 1.165) is 18.2 Å². The number of hydrogen-bond donors (Lipinski definition) is 1. The number of anilines is 1. The van der Waals surface area contributed by atoms with Crippen LogP contribution in [-0.4, -0.2) is 23.2 Å². The van der Waals surface area contributed by atoms with Crippen molar-refractivity contribution in [2.75, 3.05) is 18.5 Å². The highest BCUT2D eigenvalue weighted by molar-refractivity contribution is 5.39. The van der Waals surface area contributed by atoms with E-state index in [2.05, 4.69) is 15.3 Å². The lowest BCUT2D eigenvalue weighted by atomic mass is 10.0. The van der Waals surface area contributed by atoms with E-state index in [0.29, 0.717) is 19.0 Å². The molecule has 122 valence electrons. The molecule has 1 aliphatic heterocycles. The van der Waals surface area contributed by atoms with Gasteiger partial charge in [-0.2, -0.15) is 13.2 Å². The van der Waals surface area contributed by atoms with Crippen LogP contribution in [0.25, 0.3) is 0 Å². The minimum absolute atomic E-state index is 0.0489. The Morgan fingerprint density at radius 3 is 2.78 bits per heavy atom. The molecule has 0 amide bonds. The van der Waals surface area contributed by atoms with E-state index < -0.39 is 11.7 Å². The van der Waals surface area contributed by atoms with E-state index in [1.165, 1.54) is 18.5 Å². The van der Waals surface area contributed by atoms with Crippen molar-refractivity contribution in [1.82, 2.24) is 9.97 Å². The number of halogens is 3. The molecule has 1 aromatic carbocycles. The fourth-order valence-electron chi connectivity index (χ4n) is 2.60. The van der Waals surface area contributed by atoms with E-state index in [9.17, 15) is 13.2 Å². The molecule has 2 aromatic rings. The third-order valence-corrected chi connectivity index (χ3v) is 3.82. The summed E-state index contributed by atoms with van der Waals surface area (Å²) in [7, 11) is 0. The predicted octanol–water partition coefficient (Wildman–Crippen LogP) is 3.61. The Morgan fingerprint density at radius 1 is 1.22 bits per heavy atom. The van der Waals surface area contributed by atoms with Gasteiger partial charge in [-0.15, -0.1) is 0 Å². The number of benzene rings is 1. The summed E-state index contributed by atoms with van der Waals surface area (Å²) in [6.45, 7) is 1.37. The van der Waals surface area contributed by atoms with Gasteiger partial charge in [0.1, 0.15) is 12.1 Å². The Morgan fingerprint density at radius 2 is 2.04 bits per heavy atom. The largest absolute Gasteiger partial charge is 0.416 e. The monoisotopic (exact) mass is 323 g/mol. The summed E-state index contributed by atoms with van der Waals surface area (Å²) in [5.41, 5.74) is 0.402. The van der Waals surface area contributed by atoms with Gasteiger partial charge in [0, 0.05) is 25.1 Å². The lowest BCUT2D eigenvalue weighted by molar-refractivity contribution is -0.138. The van der Waals surface area contributed by atoms with Crippen LogP contribution in [0, 0.1) is 0 Å². The van der Waals surface area contributed by atoms with E-state index >= 15 is 0 Å². The first kappa shape index (κ1) is 15.7. The Balaban J connectivity index is 1.73. The number of alkyl halides is 3. The van der Waals surface area contributed by atoms with Gasteiger partial charge < -0.3 is 10.1 Å². The van der Waals surface area contributed by atoms with Crippen LogP contribution in [0.3, 0.4) is 0 Å². The van der Waals surface area contributed by atoms with E-state index in [1.807, 2.05) is 0 Å². The first-order valence-electron chi connectivity index (χ1n) is 7.32. The highest BCUT2D eigenvalue weighted by Gasteiger charge is 2.32. The standard InChI is InChI=1S/C16H16F3N3O/c17-16(18,19)13-4-2-1-3-11(13)8-20-15-7-14(21-10-22-15)12-5-6-23-9-12/h1-4,7,10,12H,5-6,8-9H2,(H,20,21,22)/t12-/m0/s1. The van der Waals surface area contributed by atoms with Gasteiger partial charge in [-0.05, 0) is 18.1 Å². The first-order chi connectivity index (χ1) is 11.0. The molecule has 0 spiro atoms. The summed E-state index contributed by atoms with van der Waals surface area (Å²) >= 11 is 0. The molecule has 0 aliphatic carbocycles. The third-order valence-electron chi connectivity index (χ3n) is 3.82. The molecule has 1 atom stereocenters. The Labute approximate surface area is 131 Å². The van der Waals surface area contributed by atoms with Crippen LogP contribution < -0.4 is 5.32 Å². The lowest BCUT2D eigenvalue weighted by Gasteiger charge is -2.14. The molecule has 1 N–H and O–H groups in total. The first-order valence-corrected chi connectivity index (χ1v) is 7.32. The summed E-state index contributed by atoms with van der Waals surface area (Å²) in [6, 6.07) is 7.29. The van der Waals surface area contributed by atoms with Crippen LogP contribution in [0.1, 0.15) is 29.2 Å². The van der Waals surface area contributed by atoms with Gasteiger partial charge >= 0.3 is 6.18 Å².